The molecule has 1 N–H and O–H groups in total. The second kappa shape index (κ2) is 6.02. The van der Waals surface area contributed by atoms with Crippen LogP contribution in [-0.4, -0.2) is 36.5 Å². The van der Waals surface area contributed by atoms with Crippen LogP contribution >= 0.6 is 0 Å². The molecule has 0 aliphatic carbocycles. The molecular weight excluding hydrogens is 232 g/mol. The van der Waals surface area contributed by atoms with E-state index in [9.17, 15) is 9.90 Å². The summed E-state index contributed by atoms with van der Waals surface area (Å²) in [5.41, 5.74) is -0.596. The van der Waals surface area contributed by atoms with E-state index in [2.05, 4.69) is 0 Å². The first-order chi connectivity index (χ1) is 8.60. The Morgan fingerprint density at radius 2 is 1.78 bits per heavy atom. The molecule has 0 radical (unpaired) electrons. The number of carboxylic acids is 1. The summed E-state index contributed by atoms with van der Waals surface area (Å²) in [6.45, 7) is 3.54. The van der Waals surface area contributed by atoms with Crippen LogP contribution in [-0.2, 0) is 14.3 Å². The minimum Gasteiger partial charge on any atom is -0.481 e. The van der Waals surface area contributed by atoms with Crippen molar-refractivity contribution in [1.29, 1.82) is 0 Å². The third-order valence-corrected chi connectivity index (χ3v) is 4.00. The van der Waals surface area contributed by atoms with Gasteiger partial charge in [-0.25, -0.2) is 0 Å². The van der Waals surface area contributed by atoms with E-state index in [1.165, 1.54) is 19.3 Å². The normalized spacial score (nSPS) is 28.7. The van der Waals surface area contributed by atoms with Gasteiger partial charge < -0.3 is 14.6 Å². The second-order valence-electron chi connectivity index (χ2n) is 5.93. The summed E-state index contributed by atoms with van der Waals surface area (Å²) in [5, 5.41) is 9.32. The van der Waals surface area contributed by atoms with E-state index in [1.54, 1.807) is 0 Å². The average molecular weight is 256 g/mol. The summed E-state index contributed by atoms with van der Waals surface area (Å²) < 4.78 is 10.3. The van der Waals surface area contributed by atoms with Crippen molar-refractivity contribution in [3.05, 3.63) is 0 Å². The number of aliphatic carboxylic acids is 1. The molecule has 4 heteroatoms. The van der Waals surface area contributed by atoms with Crippen LogP contribution in [0.15, 0.2) is 0 Å². The summed E-state index contributed by atoms with van der Waals surface area (Å²) in [4.78, 5) is 11.3. The lowest BCUT2D eigenvalue weighted by Crippen LogP contribution is -2.29. The number of carbonyl (C=O) groups is 1. The maximum atomic E-state index is 11.3. The lowest BCUT2D eigenvalue weighted by atomic mass is 9.80. The van der Waals surface area contributed by atoms with E-state index in [4.69, 9.17) is 9.47 Å². The van der Waals surface area contributed by atoms with Gasteiger partial charge in [0.25, 0.3) is 0 Å². The Kier molecular flexibility index (Phi) is 4.62. The SMILES string of the molecule is CC(CCCCCCC1CO1)(CC1CO1)C(=O)O. The van der Waals surface area contributed by atoms with Crippen LogP contribution in [0, 0.1) is 5.41 Å². The zero-order valence-corrected chi connectivity index (χ0v) is 11.2. The Balaban J connectivity index is 1.57. The van der Waals surface area contributed by atoms with Gasteiger partial charge in [0.15, 0.2) is 0 Å². The molecule has 0 aromatic carbocycles. The fourth-order valence-corrected chi connectivity index (χ4v) is 2.46. The van der Waals surface area contributed by atoms with Gasteiger partial charge in [-0.15, -0.1) is 0 Å². The van der Waals surface area contributed by atoms with Gasteiger partial charge in [-0.2, -0.15) is 0 Å². The minimum atomic E-state index is -0.676. The van der Waals surface area contributed by atoms with Gasteiger partial charge in [-0.1, -0.05) is 25.7 Å². The molecule has 2 aliphatic heterocycles. The van der Waals surface area contributed by atoms with Crippen molar-refractivity contribution in [2.45, 2.75) is 64.1 Å². The van der Waals surface area contributed by atoms with Gasteiger partial charge in [0.1, 0.15) is 0 Å². The van der Waals surface area contributed by atoms with Crippen molar-refractivity contribution in [1.82, 2.24) is 0 Å². The standard InChI is InChI=1S/C14H24O4/c1-14(13(15)16,8-12-10-18-12)7-5-3-2-4-6-11-9-17-11/h11-12H,2-10H2,1H3,(H,15,16). The third kappa shape index (κ3) is 4.58. The Labute approximate surface area is 109 Å². The van der Waals surface area contributed by atoms with Crippen molar-refractivity contribution >= 4 is 5.97 Å². The molecule has 0 spiro atoms. The largest absolute Gasteiger partial charge is 0.481 e. The lowest BCUT2D eigenvalue weighted by molar-refractivity contribution is -0.149. The summed E-state index contributed by atoms with van der Waals surface area (Å²) >= 11 is 0. The first kappa shape index (κ1) is 13.8. The molecule has 0 aromatic rings. The minimum absolute atomic E-state index is 0.193. The first-order valence-corrected chi connectivity index (χ1v) is 7.07. The number of hydrogen-bond donors (Lipinski definition) is 1. The molecule has 0 amide bonds. The van der Waals surface area contributed by atoms with Gasteiger partial charge in [0.2, 0.25) is 0 Å². The van der Waals surface area contributed by atoms with Crippen LogP contribution in [0.1, 0.15) is 51.9 Å². The van der Waals surface area contributed by atoms with E-state index in [0.717, 1.165) is 32.5 Å². The van der Waals surface area contributed by atoms with Gasteiger partial charge in [0, 0.05) is 0 Å². The highest BCUT2D eigenvalue weighted by Gasteiger charge is 2.39. The zero-order valence-electron chi connectivity index (χ0n) is 11.2. The van der Waals surface area contributed by atoms with Crippen LogP contribution in [0.3, 0.4) is 0 Å². The molecule has 3 unspecified atom stereocenters. The monoisotopic (exact) mass is 256 g/mol. The van der Waals surface area contributed by atoms with Crippen molar-refractivity contribution in [2.24, 2.45) is 5.41 Å². The first-order valence-electron chi connectivity index (χ1n) is 7.07. The Morgan fingerprint density at radius 1 is 1.17 bits per heavy atom. The quantitative estimate of drug-likeness (QED) is 0.482. The molecule has 0 saturated carbocycles. The van der Waals surface area contributed by atoms with Crippen LogP contribution < -0.4 is 0 Å². The average Bonchev–Trinajstić information content (AvgIpc) is 3.17. The van der Waals surface area contributed by atoms with Crippen LogP contribution in [0.4, 0.5) is 0 Å². The number of hydrogen-bond acceptors (Lipinski definition) is 3. The molecule has 18 heavy (non-hydrogen) atoms. The van der Waals surface area contributed by atoms with Gasteiger partial charge >= 0.3 is 5.97 Å². The summed E-state index contributed by atoms with van der Waals surface area (Å²) in [6, 6.07) is 0. The van der Waals surface area contributed by atoms with Crippen LogP contribution in [0.5, 0.6) is 0 Å². The Morgan fingerprint density at radius 3 is 2.33 bits per heavy atom. The Hall–Kier alpha value is -0.610. The molecule has 2 rings (SSSR count). The van der Waals surface area contributed by atoms with E-state index >= 15 is 0 Å². The van der Waals surface area contributed by atoms with E-state index in [1.807, 2.05) is 6.92 Å². The lowest BCUT2D eigenvalue weighted by Gasteiger charge is -2.23. The maximum Gasteiger partial charge on any atom is 0.309 e. The molecule has 0 aromatic heterocycles. The van der Waals surface area contributed by atoms with Crippen molar-refractivity contribution in [2.75, 3.05) is 13.2 Å². The summed E-state index contributed by atoms with van der Waals surface area (Å²) in [7, 11) is 0. The molecule has 0 bridgehead atoms. The number of ether oxygens (including phenoxy) is 2. The number of carboxylic acid groups (broad SMARTS) is 1. The third-order valence-electron chi connectivity index (χ3n) is 4.00. The second-order valence-corrected chi connectivity index (χ2v) is 5.93. The molecule has 104 valence electrons. The summed E-state index contributed by atoms with van der Waals surface area (Å²) in [5.74, 6) is -0.676. The fraction of sp³-hybridized carbons (Fsp3) is 0.929. The highest BCUT2D eigenvalue weighted by Crippen LogP contribution is 2.35. The van der Waals surface area contributed by atoms with E-state index in [0.29, 0.717) is 12.5 Å². The molecule has 4 nitrogen and oxygen atoms in total. The van der Waals surface area contributed by atoms with E-state index in [-0.39, 0.29) is 6.10 Å². The molecule has 2 aliphatic rings. The predicted octanol–water partition coefficient (Wildman–Crippen LogP) is 2.61. The molecule has 2 heterocycles. The number of rotatable bonds is 10. The molecule has 2 fully saturated rings. The zero-order chi connectivity index (χ0) is 13.0. The number of epoxide rings is 2. The highest BCUT2D eigenvalue weighted by atomic mass is 16.6. The van der Waals surface area contributed by atoms with Crippen molar-refractivity contribution in [3.8, 4) is 0 Å². The van der Waals surface area contributed by atoms with Crippen LogP contribution in [0.2, 0.25) is 0 Å². The smallest absolute Gasteiger partial charge is 0.309 e. The van der Waals surface area contributed by atoms with Gasteiger partial charge in [-0.3, -0.25) is 4.79 Å². The van der Waals surface area contributed by atoms with Crippen molar-refractivity contribution in [3.63, 3.8) is 0 Å². The predicted molar refractivity (Wildman–Crippen MR) is 67.5 cm³/mol. The van der Waals surface area contributed by atoms with Crippen molar-refractivity contribution < 1.29 is 19.4 Å². The molecular formula is C14H24O4. The van der Waals surface area contributed by atoms with Gasteiger partial charge in [-0.05, 0) is 26.2 Å². The fourth-order valence-electron chi connectivity index (χ4n) is 2.46. The highest BCUT2D eigenvalue weighted by molar-refractivity contribution is 5.74. The topological polar surface area (TPSA) is 62.4 Å². The van der Waals surface area contributed by atoms with Crippen LogP contribution in [0.25, 0.3) is 0 Å². The molecule has 3 atom stereocenters. The summed E-state index contributed by atoms with van der Waals surface area (Å²) in [6.07, 6.45) is 7.85. The van der Waals surface area contributed by atoms with Gasteiger partial charge in [0.05, 0.1) is 30.8 Å². The maximum absolute atomic E-state index is 11.3. The van der Waals surface area contributed by atoms with E-state index < -0.39 is 11.4 Å². The molecule has 2 saturated heterocycles. The number of unbranched alkanes of at least 4 members (excludes halogenated alkanes) is 3. The Bertz CT molecular complexity index is 284.